The zero-order valence-corrected chi connectivity index (χ0v) is 15.7. The van der Waals surface area contributed by atoms with Crippen molar-refractivity contribution in [3.63, 3.8) is 0 Å². The molecule has 0 unspecified atom stereocenters. The first kappa shape index (κ1) is 17.8. The first-order valence-electron chi connectivity index (χ1n) is 9.28. The molecule has 27 heavy (non-hydrogen) atoms. The fourth-order valence-corrected chi connectivity index (χ4v) is 3.57. The van der Waals surface area contributed by atoms with Crippen LogP contribution in [0.3, 0.4) is 0 Å². The fraction of sp³-hybridized carbons (Fsp3) is 0.318. The quantitative estimate of drug-likeness (QED) is 0.849. The number of phenolic OH excluding ortho intramolecular Hbond substituents is 1. The molecule has 2 aliphatic rings. The number of fused-ring (bicyclic) bond motifs is 1. The molecule has 2 aromatic carbocycles. The average Bonchev–Trinajstić information content (AvgIpc) is 2.97. The standard InChI is InChI=1S/C22H24N2O3/c1-15-5-3-4-6-16(15)13-20-21(26)17-7-8-19(25)18(22(17)27-20)14-24-11-9-23(2)10-12-24/h3-8,13,25H,9-12,14H2,1-2H3/b20-13+. The van der Waals surface area contributed by atoms with Gasteiger partial charge in [-0.15, -0.1) is 0 Å². The SMILES string of the molecule is Cc1ccccc1/C=C1/Oc2c(ccc(O)c2CN2CCN(C)CC2)C1=O. The van der Waals surface area contributed by atoms with Gasteiger partial charge in [0.15, 0.2) is 5.76 Å². The van der Waals surface area contributed by atoms with Crippen molar-refractivity contribution in [1.82, 2.24) is 9.80 Å². The highest BCUT2D eigenvalue weighted by Crippen LogP contribution is 2.40. The lowest BCUT2D eigenvalue weighted by molar-refractivity contribution is 0.101. The number of carbonyl (C=O) groups excluding carboxylic acids is 1. The number of benzene rings is 2. The number of hydrogen-bond acceptors (Lipinski definition) is 5. The number of carbonyl (C=O) groups is 1. The Morgan fingerprint density at radius 3 is 2.59 bits per heavy atom. The third-order valence-corrected chi connectivity index (χ3v) is 5.37. The lowest BCUT2D eigenvalue weighted by Gasteiger charge is -2.32. The molecule has 2 aliphatic heterocycles. The van der Waals surface area contributed by atoms with Crippen LogP contribution in [0.4, 0.5) is 0 Å². The van der Waals surface area contributed by atoms with Gasteiger partial charge in [0.05, 0.1) is 11.1 Å². The van der Waals surface area contributed by atoms with Crippen LogP contribution >= 0.6 is 0 Å². The van der Waals surface area contributed by atoms with Gasteiger partial charge >= 0.3 is 0 Å². The summed E-state index contributed by atoms with van der Waals surface area (Å²) in [6.45, 7) is 6.43. The van der Waals surface area contributed by atoms with Crippen molar-refractivity contribution in [1.29, 1.82) is 0 Å². The zero-order valence-electron chi connectivity index (χ0n) is 15.7. The first-order valence-corrected chi connectivity index (χ1v) is 9.28. The normalized spacial score (nSPS) is 19.3. The van der Waals surface area contributed by atoms with E-state index in [2.05, 4.69) is 16.8 Å². The number of phenols is 1. The monoisotopic (exact) mass is 364 g/mol. The summed E-state index contributed by atoms with van der Waals surface area (Å²) in [6, 6.07) is 11.1. The van der Waals surface area contributed by atoms with Gasteiger partial charge in [0.2, 0.25) is 5.78 Å². The number of hydrogen-bond donors (Lipinski definition) is 1. The van der Waals surface area contributed by atoms with E-state index < -0.39 is 0 Å². The van der Waals surface area contributed by atoms with Crippen LogP contribution < -0.4 is 4.74 Å². The van der Waals surface area contributed by atoms with E-state index >= 15 is 0 Å². The van der Waals surface area contributed by atoms with E-state index in [1.54, 1.807) is 18.2 Å². The summed E-state index contributed by atoms with van der Waals surface area (Å²) < 4.78 is 5.97. The second-order valence-corrected chi connectivity index (χ2v) is 7.32. The van der Waals surface area contributed by atoms with Crippen LogP contribution in [0, 0.1) is 6.92 Å². The highest BCUT2D eigenvalue weighted by Gasteiger charge is 2.32. The molecule has 0 bridgehead atoms. The largest absolute Gasteiger partial charge is 0.507 e. The van der Waals surface area contributed by atoms with E-state index in [4.69, 9.17) is 4.74 Å². The van der Waals surface area contributed by atoms with Crippen molar-refractivity contribution in [2.24, 2.45) is 0 Å². The number of Topliss-reactive ketones (excluding diaryl/α,β-unsaturated/α-hetero) is 1. The molecule has 0 amide bonds. The van der Waals surface area contributed by atoms with E-state index in [0.29, 0.717) is 29.2 Å². The third kappa shape index (κ3) is 3.48. The molecule has 5 nitrogen and oxygen atoms in total. The summed E-state index contributed by atoms with van der Waals surface area (Å²) in [5.74, 6) is 0.855. The smallest absolute Gasteiger partial charge is 0.231 e. The lowest BCUT2D eigenvalue weighted by atomic mass is 10.0. The molecule has 0 aliphatic carbocycles. The minimum Gasteiger partial charge on any atom is -0.507 e. The molecule has 2 heterocycles. The van der Waals surface area contributed by atoms with Gasteiger partial charge in [0, 0.05) is 32.7 Å². The molecule has 1 fully saturated rings. The number of ether oxygens (including phenoxy) is 1. The molecule has 0 spiro atoms. The molecule has 0 aromatic heterocycles. The average molecular weight is 364 g/mol. The highest BCUT2D eigenvalue weighted by molar-refractivity contribution is 6.15. The van der Waals surface area contributed by atoms with E-state index in [1.807, 2.05) is 31.2 Å². The molecule has 2 aromatic rings. The predicted octanol–water partition coefficient (Wildman–Crippen LogP) is 3.06. The van der Waals surface area contributed by atoms with Gasteiger partial charge in [0.1, 0.15) is 11.5 Å². The number of nitrogens with zero attached hydrogens (tertiary/aromatic N) is 2. The van der Waals surface area contributed by atoms with E-state index in [9.17, 15) is 9.90 Å². The maximum absolute atomic E-state index is 12.8. The number of allylic oxidation sites excluding steroid dienone is 1. The summed E-state index contributed by atoms with van der Waals surface area (Å²) in [6.07, 6.45) is 1.79. The van der Waals surface area contributed by atoms with Gasteiger partial charge in [-0.1, -0.05) is 24.3 Å². The molecular formula is C22H24N2O3. The Morgan fingerprint density at radius 2 is 1.85 bits per heavy atom. The number of piperazine rings is 1. The summed E-state index contributed by atoms with van der Waals surface area (Å²) in [7, 11) is 2.11. The highest BCUT2D eigenvalue weighted by atomic mass is 16.5. The van der Waals surface area contributed by atoms with E-state index in [1.165, 1.54) is 0 Å². The molecule has 1 saturated heterocycles. The Bertz CT molecular complexity index is 912. The Morgan fingerprint density at radius 1 is 1.11 bits per heavy atom. The molecule has 140 valence electrons. The molecule has 0 saturated carbocycles. The summed E-state index contributed by atoms with van der Waals surface area (Å²) in [5.41, 5.74) is 3.26. The minimum atomic E-state index is -0.132. The van der Waals surface area contributed by atoms with Crippen molar-refractivity contribution >= 4 is 11.9 Å². The van der Waals surface area contributed by atoms with Crippen molar-refractivity contribution < 1.29 is 14.6 Å². The van der Waals surface area contributed by atoms with Crippen LogP contribution in [0.2, 0.25) is 0 Å². The molecule has 0 atom stereocenters. The van der Waals surface area contributed by atoms with Gasteiger partial charge in [-0.3, -0.25) is 9.69 Å². The van der Waals surface area contributed by atoms with Gasteiger partial charge < -0.3 is 14.7 Å². The second kappa shape index (κ2) is 7.18. The van der Waals surface area contributed by atoms with Crippen molar-refractivity contribution in [2.75, 3.05) is 33.2 Å². The Kier molecular flexibility index (Phi) is 4.72. The van der Waals surface area contributed by atoms with Crippen LogP contribution in [-0.2, 0) is 6.54 Å². The number of aromatic hydroxyl groups is 1. The number of ketones is 1. The minimum absolute atomic E-state index is 0.132. The van der Waals surface area contributed by atoms with Crippen molar-refractivity contribution in [3.8, 4) is 11.5 Å². The molecular weight excluding hydrogens is 340 g/mol. The van der Waals surface area contributed by atoms with Gasteiger partial charge in [0.25, 0.3) is 0 Å². The van der Waals surface area contributed by atoms with Crippen LogP contribution in [-0.4, -0.2) is 53.9 Å². The van der Waals surface area contributed by atoms with E-state index in [0.717, 1.165) is 37.3 Å². The molecule has 5 heteroatoms. The third-order valence-electron chi connectivity index (χ3n) is 5.37. The van der Waals surface area contributed by atoms with Crippen LogP contribution in [0.5, 0.6) is 11.5 Å². The number of likely N-dealkylation sites (N-methyl/N-ethyl adjacent to an activating group) is 1. The van der Waals surface area contributed by atoms with Crippen molar-refractivity contribution in [3.05, 3.63) is 64.4 Å². The fourth-order valence-electron chi connectivity index (χ4n) is 3.57. The number of aryl methyl sites for hydroxylation is 1. The number of rotatable bonds is 3. The molecule has 0 radical (unpaired) electrons. The Balaban J connectivity index is 1.64. The van der Waals surface area contributed by atoms with Crippen LogP contribution in [0.1, 0.15) is 27.0 Å². The van der Waals surface area contributed by atoms with Gasteiger partial charge in [-0.2, -0.15) is 0 Å². The lowest BCUT2D eigenvalue weighted by Crippen LogP contribution is -2.43. The summed E-state index contributed by atoms with van der Waals surface area (Å²) >= 11 is 0. The summed E-state index contributed by atoms with van der Waals surface area (Å²) in [5, 5.41) is 10.4. The Hall–Kier alpha value is -2.63. The maximum Gasteiger partial charge on any atom is 0.231 e. The molecule has 1 N–H and O–H groups in total. The van der Waals surface area contributed by atoms with Gasteiger partial charge in [-0.25, -0.2) is 0 Å². The molecule has 4 rings (SSSR count). The maximum atomic E-state index is 12.8. The predicted molar refractivity (Wildman–Crippen MR) is 105 cm³/mol. The van der Waals surface area contributed by atoms with Gasteiger partial charge in [-0.05, 0) is 43.3 Å². The second-order valence-electron chi connectivity index (χ2n) is 7.32. The van der Waals surface area contributed by atoms with Crippen molar-refractivity contribution in [2.45, 2.75) is 13.5 Å². The topological polar surface area (TPSA) is 53.0 Å². The van der Waals surface area contributed by atoms with E-state index in [-0.39, 0.29) is 11.5 Å². The Labute approximate surface area is 159 Å². The summed E-state index contributed by atoms with van der Waals surface area (Å²) in [4.78, 5) is 17.4. The van der Waals surface area contributed by atoms with Crippen LogP contribution in [0.15, 0.2) is 42.2 Å². The zero-order chi connectivity index (χ0) is 19.0. The first-order chi connectivity index (χ1) is 13.0. The van der Waals surface area contributed by atoms with Crippen LogP contribution in [0.25, 0.3) is 6.08 Å².